The number of methoxy groups -OCH3 is 1. The summed E-state index contributed by atoms with van der Waals surface area (Å²) in [6, 6.07) is 14.1. The van der Waals surface area contributed by atoms with Gasteiger partial charge in [0.25, 0.3) is 0 Å². The van der Waals surface area contributed by atoms with Gasteiger partial charge in [-0.05, 0) is 41.5 Å². The highest BCUT2D eigenvalue weighted by molar-refractivity contribution is 5.89. The molecule has 0 spiro atoms. The molecule has 0 radical (unpaired) electrons. The summed E-state index contributed by atoms with van der Waals surface area (Å²) in [5, 5.41) is 14.5. The minimum Gasteiger partial charge on any atom is -0.480 e. The Labute approximate surface area is 199 Å². The van der Waals surface area contributed by atoms with Gasteiger partial charge in [0, 0.05) is 19.6 Å². The molecule has 3 N–H and O–H groups in total. The Balaban J connectivity index is 1.65. The zero-order chi connectivity index (χ0) is 24.5. The first-order valence-electron chi connectivity index (χ1n) is 11.6. The maximum Gasteiger partial charge on any atom is 0.407 e. The standard InChI is InChI=1S/C26H32N2O6/c1-3-9-23(25(30)31)27-24(29)22(14-8-15-33-2)28-26(32)34-16-21-19-12-6-4-10-17(19)18-11-5-7-13-20(18)21/h4-7,10-13,21-23H,3,8-9,14-16H2,1-2H3,(H,27,29)(H,28,32)(H,30,31)/t22?,23-/m1/s1. The molecule has 8 nitrogen and oxygen atoms in total. The van der Waals surface area contributed by atoms with Gasteiger partial charge in [-0.25, -0.2) is 9.59 Å². The first-order valence-corrected chi connectivity index (χ1v) is 11.6. The van der Waals surface area contributed by atoms with Gasteiger partial charge < -0.3 is 25.2 Å². The third-order valence-corrected chi connectivity index (χ3v) is 5.99. The SMILES string of the molecule is CCC[C@@H](NC(=O)C(CCCOC)NC(=O)OCC1c2ccccc2-c2ccccc21)C(=O)O. The molecule has 0 heterocycles. The van der Waals surface area contributed by atoms with Crippen molar-refractivity contribution in [3.8, 4) is 11.1 Å². The fourth-order valence-corrected chi connectivity index (χ4v) is 4.30. The highest BCUT2D eigenvalue weighted by Crippen LogP contribution is 2.44. The molecular weight excluding hydrogens is 436 g/mol. The van der Waals surface area contributed by atoms with Crippen molar-refractivity contribution in [2.24, 2.45) is 0 Å². The van der Waals surface area contributed by atoms with Crippen molar-refractivity contribution in [1.29, 1.82) is 0 Å². The van der Waals surface area contributed by atoms with Gasteiger partial charge in [0.2, 0.25) is 5.91 Å². The third kappa shape index (κ3) is 6.14. The van der Waals surface area contributed by atoms with E-state index >= 15 is 0 Å². The molecule has 2 aromatic carbocycles. The van der Waals surface area contributed by atoms with E-state index in [1.54, 1.807) is 7.11 Å². The van der Waals surface area contributed by atoms with Crippen LogP contribution in [0, 0.1) is 0 Å². The van der Waals surface area contributed by atoms with E-state index < -0.39 is 30.1 Å². The molecule has 8 heteroatoms. The van der Waals surface area contributed by atoms with Crippen LogP contribution >= 0.6 is 0 Å². The number of benzene rings is 2. The van der Waals surface area contributed by atoms with Crippen molar-refractivity contribution in [2.45, 2.75) is 50.6 Å². The lowest BCUT2D eigenvalue weighted by molar-refractivity contribution is -0.142. The lowest BCUT2D eigenvalue weighted by Crippen LogP contribution is -2.51. The number of nitrogens with one attached hydrogen (secondary N) is 2. The predicted octanol–water partition coefficient (Wildman–Crippen LogP) is 3.69. The van der Waals surface area contributed by atoms with Crippen LogP contribution in [0.2, 0.25) is 0 Å². The minimum atomic E-state index is -1.10. The van der Waals surface area contributed by atoms with Crippen molar-refractivity contribution in [3.63, 3.8) is 0 Å². The van der Waals surface area contributed by atoms with E-state index in [0.29, 0.717) is 32.3 Å². The van der Waals surface area contributed by atoms with E-state index in [1.165, 1.54) is 0 Å². The van der Waals surface area contributed by atoms with Gasteiger partial charge in [-0.2, -0.15) is 0 Å². The van der Waals surface area contributed by atoms with Crippen LogP contribution in [-0.4, -0.2) is 55.5 Å². The number of alkyl carbamates (subject to hydrolysis) is 1. The zero-order valence-corrected chi connectivity index (χ0v) is 19.6. The van der Waals surface area contributed by atoms with Crippen molar-refractivity contribution in [3.05, 3.63) is 59.7 Å². The third-order valence-electron chi connectivity index (χ3n) is 5.99. The number of carbonyl (C=O) groups is 3. The van der Waals surface area contributed by atoms with E-state index in [-0.39, 0.29) is 12.5 Å². The van der Waals surface area contributed by atoms with Gasteiger partial charge >= 0.3 is 12.1 Å². The molecule has 0 aromatic heterocycles. The fraction of sp³-hybridized carbons (Fsp3) is 0.423. The van der Waals surface area contributed by atoms with Gasteiger partial charge in [-0.15, -0.1) is 0 Å². The molecule has 1 aliphatic rings. The molecule has 2 atom stereocenters. The van der Waals surface area contributed by atoms with Crippen LogP contribution in [0.3, 0.4) is 0 Å². The fourth-order valence-electron chi connectivity index (χ4n) is 4.30. The van der Waals surface area contributed by atoms with Crippen LogP contribution in [0.1, 0.15) is 49.7 Å². The summed E-state index contributed by atoms with van der Waals surface area (Å²) in [4.78, 5) is 36.9. The first kappa shape index (κ1) is 25.2. The predicted molar refractivity (Wildman–Crippen MR) is 128 cm³/mol. The molecule has 0 saturated carbocycles. The Kier molecular flexibility index (Phi) is 9.04. The number of rotatable bonds is 12. The normalized spacial score (nSPS) is 13.9. The van der Waals surface area contributed by atoms with Gasteiger partial charge in [0.05, 0.1) is 0 Å². The number of carboxylic acids is 1. The molecule has 2 amide bonds. The summed E-state index contributed by atoms with van der Waals surface area (Å²) in [7, 11) is 1.55. The van der Waals surface area contributed by atoms with E-state index in [1.807, 2.05) is 43.3 Å². The second kappa shape index (κ2) is 12.2. The number of carbonyl (C=O) groups excluding carboxylic acids is 2. The number of amides is 2. The van der Waals surface area contributed by atoms with Gasteiger partial charge in [-0.1, -0.05) is 61.9 Å². The molecule has 2 aromatic rings. The Bertz CT molecular complexity index is 963. The van der Waals surface area contributed by atoms with Crippen molar-refractivity contribution in [2.75, 3.05) is 20.3 Å². The average Bonchev–Trinajstić information content (AvgIpc) is 3.15. The first-order chi connectivity index (χ1) is 16.5. The van der Waals surface area contributed by atoms with Crippen LogP contribution in [0.15, 0.2) is 48.5 Å². The van der Waals surface area contributed by atoms with E-state index in [0.717, 1.165) is 22.3 Å². The second-order valence-electron chi connectivity index (χ2n) is 8.35. The average molecular weight is 469 g/mol. The molecule has 3 rings (SSSR count). The molecular formula is C26H32N2O6. The highest BCUT2D eigenvalue weighted by Gasteiger charge is 2.30. The number of aliphatic carboxylic acids is 1. The van der Waals surface area contributed by atoms with Crippen LogP contribution in [0.25, 0.3) is 11.1 Å². The lowest BCUT2D eigenvalue weighted by Gasteiger charge is -2.22. The summed E-state index contributed by atoms with van der Waals surface area (Å²) in [6.45, 7) is 2.38. The van der Waals surface area contributed by atoms with Crippen LogP contribution < -0.4 is 10.6 Å². The van der Waals surface area contributed by atoms with Crippen molar-refractivity contribution in [1.82, 2.24) is 10.6 Å². The van der Waals surface area contributed by atoms with Crippen molar-refractivity contribution < 1.29 is 29.0 Å². The molecule has 1 unspecified atom stereocenters. The molecule has 182 valence electrons. The lowest BCUT2D eigenvalue weighted by atomic mass is 9.98. The van der Waals surface area contributed by atoms with E-state index in [2.05, 4.69) is 22.8 Å². The largest absolute Gasteiger partial charge is 0.480 e. The molecule has 0 aliphatic heterocycles. The Morgan fingerprint density at radius 1 is 0.941 bits per heavy atom. The van der Waals surface area contributed by atoms with Gasteiger partial charge in [0.15, 0.2) is 0 Å². The number of hydrogen-bond acceptors (Lipinski definition) is 5. The quantitative estimate of drug-likeness (QED) is 0.410. The molecule has 34 heavy (non-hydrogen) atoms. The molecule has 0 bridgehead atoms. The topological polar surface area (TPSA) is 114 Å². The smallest absolute Gasteiger partial charge is 0.407 e. The maximum atomic E-state index is 12.8. The Morgan fingerprint density at radius 3 is 2.12 bits per heavy atom. The van der Waals surface area contributed by atoms with Crippen LogP contribution in [-0.2, 0) is 19.1 Å². The van der Waals surface area contributed by atoms with E-state index in [4.69, 9.17) is 9.47 Å². The minimum absolute atomic E-state index is 0.0973. The van der Waals surface area contributed by atoms with Crippen LogP contribution in [0.5, 0.6) is 0 Å². The van der Waals surface area contributed by atoms with Gasteiger partial charge in [0.1, 0.15) is 18.7 Å². The zero-order valence-electron chi connectivity index (χ0n) is 19.6. The highest BCUT2D eigenvalue weighted by atomic mass is 16.5. The van der Waals surface area contributed by atoms with Crippen molar-refractivity contribution >= 4 is 18.0 Å². The Hall–Kier alpha value is -3.39. The summed E-state index contributed by atoms with van der Waals surface area (Å²) < 4.78 is 10.6. The number of hydrogen-bond donors (Lipinski definition) is 3. The van der Waals surface area contributed by atoms with Gasteiger partial charge in [-0.3, -0.25) is 4.79 Å². The van der Waals surface area contributed by atoms with E-state index in [9.17, 15) is 19.5 Å². The number of ether oxygens (including phenoxy) is 2. The number of fused-ring (bicyclic) bond motifs is 3. The Morgan fingerprint density at radius 2 is 1.56 bits per heavy atom. The summed E-state index contributed by atoms with van der Waals surface area (Å²) in [6.07, 6.45) is 0.996. The molecule has 0 fully saturated rings. The molecule has 1 aliphatic carbocycles. The van der Waals surface area contributed by atoms with Crippen LogP contribution in [0.4, 0.5) is 4.79 Å². The summed E-state index contributed by atoms with van der Waals surface area (Å²) >= 11 is 0. The second-order valence-corrected chi connectivity index (χ2v) is 8.35. The maximum absolute atomic E-state index is 12.8. The molecule has 0 saturated heterocycles. The summed E-state index contributed by atoms with van der Waals surface area (Å²) in [5.41, 5.74) is 4.43. The monoisotopic (exact) mass is 468 g/mol. The summed E-state index contributed by atoms with van der Waals surface area (Å²) in [5.74, 6) is -1.75. The number of carboxylic acid groups (broad SMARTS) is 1.